The van der Waals surface area contributed by atoms with Gasteiger partial charge in [0.15, 0.2) is 0 Å². The van der Waals surface area contributed by atoms with Gasteiger partial charge in [0.05, 0.1) is 6.10 Å². The maximum Gasteiger partial charge on any atom is 0.0785 e. The van der Waals surface area contributed by atoms with Crippen molar-refractivity contribution in [2.45, 2.75) is 64.7 Å². The van der Waals surface area contributed by atoms with Crippen LogP contribution >= 0.6 is 11.8 Å². The Bertz CT molecular complexity index is 396. The number of hydrogen-bond donors (Lipinski definition) is 2. The molecule has 3 heteroatoms. The van der Waals surface area contributed by atoms with Crippen molar-refractivity contribution in [2.75, 3.05) is 0 Å². The van der Waals surface area contributed by atoms with E-state index in [1.54, 1.807) is 11.8 Å². The minimum absolute atomic E-state index is 0.468. The summed E-state index contributed by atoms with van der Waals surface area (Å²) >= 11 is 1.73. The third-order valence-corrected chi connectivity index (χ3v) is 4.57. The average molecular weight is 310 g/mol. The molecule has 0 aromatic rings. The average Bonchev–Trinajstić information content (AvgIpc) is 2.47. The molecule has 2 nitrogen and oxygen atoms in total. The third kappa shape index (κ3) is 10.4. The van der Waals surface area contributed by atoms with Crippen LogP contribution in [0.3, 0.4) is 0 Å². The van der Waals surface area contributed by atoms with Gasteiger partial charge in [0.2, 0.25) is 0 Å². The Morgan fingerprint density at radius 1 is 1.38 bits per heavy atom. The lowest BCUT2D eigenvalue weighted by Gasteiger charge is -2.10. The molecule has 0 saturated carbocycles. The molecule has 0 radical (unpaired) electrons. The van der Waals surface area contributed by atoms with Crippen LogP contribution in [0.5, 0.6) is 0 Å². The molecule has 0 amide bonds. The summed E-state index contributed by atoms with van der Waals surface area (Å²) in [4.78, 5) is 0. The molecule has 0 bridgehead atoms. The fourth-order valence-corrected chi connectivity index (χ4v) is 2.26. The van der Waals surface area contributed by atoms with Gasteiger partial charge in [-0.3, -0.25) is 0 Å². The van der Waals surface area contributed by atoms with E-state index in [0.29, 0.717) is 17.4 Å². The molecule has 0 heterocycles. The minimum atomic E-state index is -0.468. The molecule has 0 aliphatic heterocycles. The molecule has 120 valence electrons. The SMILES string of the molecule is C=CCC/C(C)=C\C[C@H](O)/C(C)=C/C(N)=C/SC(C)CC. The van der Waals surface area contributed by atoms with E-state index in [4.69, 9.17) is 5.73 Å². The van der Waals surface area contributed by atoms with Crippen LogP contribution in [-0.4, -0.2) is 16.5 Å². The highest BCUT2D eigenvalue weighted by molar-refractivity contribution is 8.02. The lowest BCUT2D eigenvalue weighted by Crippen LogP contribution is -2.08. The lowest BCUT2D eigenvalue weighted by molar-refractivity contribution is 0.214. The number of nitrogens with two attached hydrogens (primary N) is 1. The summed E-state index contributed by atoms with van der Waals surface area (Å²) in [6.07, 6.45) is 9.16. The molecular formula is C18H31NOS. The first-order valence-corrected chi connectivity index (χ1v) is 8.58. The van der Waals surface area contributed by atoms with Crippen LogP contribution in [0.4, 0.5) is 0 Å². The molecule has 1 unspecified atom stereocenters. The summed E-state index contributed by atoms with van der Waals surface area (Å²) in [6.45, 7) is 12.1. The van der Waals surface area contributed by atoms with Crippen molar-refractivity contribution in [1.82, 2.24) is 0 Å². The smallest absolute Gasteiger partial charge is 0.0785 e. The van der Waals surface area contributed by atoms with E-state index in [1.165, 1.54) is 5.57 Å². The number of thioether (sulfide) groups is 1. The van der Waals surface area contributed by atoms with Crippen LogP contribution in [0, 0.1) is 0 Å². The van der Waals surface area contributed by atoms with Crippen molar-refractivity contribution in [3.8, 4) is 0 Å². The van der Waals surface area contributed by atoms with E-state index in [-0.39, 0.29) is 0 Å². The molecule has 2 atom stereocenters. The Hall–Kier alpha value is -0.930. The van der Waals surface area contributed by atoms with Gasteiger partial charge in [0, 0.05) is 10.9 Å². The van der Waals surface area contributed by atoms with Gasteiger partial charge in [-0.05, 0) is 56.6 Å². The van der Waals surface area contributed by atoms with E-state index < -0.39 is 6.10 Å². The lowest BCUT2D eigenvalue weighted by atomic mass is 10.0. The van der Waals surface area contributed by atoms with Crippen molar-refractivity contribution in [2.24, 2.45) is 5.73 Å². The summed E-state index contributed by atoms with van der Waals surface area (Å²) in [5.41, 5.74) is 8.87. The predicted molar refractivity (Wildman–Crippen MR) is 97.2 cm³/mol. The summed E-state index contributed by atoms with van der Waals surface area (Å²) in [7, 11) is 0. The Balaban J connectivity index is 4.44. The van der Waals surface area contributed by atoms with Gasteiger partial charge < -0.3 is 10.8 Å². The highest BCUT2D eigenvalue weighted by atomic mass is 32.2. The fourth-order valence-electron chi connectivity index (χ4n) is 1.61. The van der Waals surface area contributed by atoms with E-state index in [9.17, 15) is 5.11 Å². The van der Waals surface area contributed by atoms with Gasteiger partial charge in [0.25, 0.3) is 0 Å². The molecule has 3 N–H and O–H groups in total. The number of allylic oxidation sites excluding steroid dienone is 3. The Labute approximate surface area is 134 Å². The molecule has 0 aliphatic carbocycles. The highest BCUT2D eigenvalue weighted by Gasteiger charge is 2.05. The predicted octanol–water partition coefficient (Wildman–Crippen LogP) is 4.93. The minimum Gasteiger partial charge on any atom is -0.398 e. The second-order valence-corrected chi connectivity index (χ2v) is 6.80. The van der Waals surface area contributed by atoms with Crippen molar-refractivity contribution in [3.63, 3.8) is 0 Å². The van der Waals surface area contributed by atoms with Crippen molar-refractivity contribution in [3.05, 3.63) is 47.1 Å². The molecular weight excluding hydrogens is 278 g/mol. The quantitative estimate of drug-likeness (QED) is 0.444. The van der Waals surface area contributed by atoms with Crippen LogP contribution in [0.1, 0.15) is 53.4 Å². The Morgan fingerprint density at radius 2 is 2.05 bits per heavy atom. The third-order valence-electron chi connectivity index (χ3n) is 3.36. The zero-order valence-corrected chi connectivity index (χ0v) is 14.7. The number of aliphatic hydroxyl groups excluding tert-OH is 1. The van der Waals surface area contributed by atoms with E-state index in [2.05, 4.69) is 33.4 Å². The van der Waals surface area contributed by atoms with Crippen molar-refractivity contribution >= 4 is 11.8 Å². The van der Waals surface area contributed by atoms with Crippen molar-refractivity contribution < 1.29 is 5.11 Å². The maximum atomic E-state index is 10.1. The number of rotatable bonds is 10. The molecule has 0 aromatic carbocycles. The fraction of sp³-hybridized carbons (Fsp3) is 0.556. The standard InChI is InChI=1S/C18H31NOS/c1-6-8-9-14(3)10-11-18(20)15(4)12-17(19)13-21-16(5)7-2/h6,10,12-13,16,18,20H,1,7-9,11,19H2,2-5H3/b14-10-,15-12+,17-13-/t16?,18-/m0/s1. The van der Waals surface area contributed by atoms with Crippen LogP contribution < -0.4 is 5.73 Å². The van der Waals surface area contributed by atoms with Gasteiger partial charge in [-0.15, -0.1) is 18.3 Å². The molecule has 0 aliphatic rings. The Kier molecular flexibility index (Phi) is 11.2. The molecule has 0 aromatic heterocycles. The summed E-state index contributed by atoms with van der Waals surface area (Å²) in [5, 5.41) is 12.7. The molecule has 0 rings (SSSR count). The summed E-state index contributed by atoms with van der Waals surface area (Å²) in [5.74, 6) is 0. The van der Waals surface area contributed by atoms with E-state index >= 15 is 0 Å². The van der Waals surface area contributed by atoms with Crippen LogP contribution in [0.2, 0.25) is 0 Å². The normalized spacial score (nSPS) is 16.7. The zero-order chi connectivity index (χ0) is 16.3. The first-order chi connectivity index (χ1) is 9.90. The van der Waals surface area contributed by atoms with Crippen LogP contribution in [-0.2, 0) is 0 Å². The second-order valence-electron chi connectivity index (χ2n) is 5.49. The maximum absolute atomic E-state index is 10.1. The first kappa shape index (κ1) is 20.1. The van der Waals surface area contributed by atoms with Gasteiger partial charge in [-0.1, -0.05) is 31.6 Å². The monoisotopic (exact) mass is 309 g/mol. The van der Waals surface area contributed by atoms with Crippen LogP contribution in [0.15, 0.2) is 47.1 Å². The zero-order valence-electron chi connectivity index (χ0n) is 13.9. The Morgan fingerprint density at radius 3 is 2.62 bits per heavy atom. The molecule has 0 spiro atoms. The molecule has 21 heavy (non-hydrogen) atoms. The topological polar surface area (TPSA) is 46.2 Å². The highest BCUT2D eigenvalue weighted by Crippen LogP contribution is 2.17. The van der Waals surface area contributed by atoms with Crippen LogP contribution in [0.25, 0.3) is 0 Å². The number of hydrogen-bond acceptors (Lipinski definition) is 3. The van der Waals surface area contributed by atoms with E-state index in [1.807, 2.05) is 24.5 Å². The van der Waals surface area contributed by atoms with Gasteiger partial charge in [-0.2, -0.15) is 0 Å². The molecule has 0 fully saturated rings. The largest absolute Gasteiger partial charge is 0.398 e. The van der Waals surface area contributed by atoms with Gasteiger partial charge in [0.1, 0.15) is 0 Å². The molecule has 0 saturated heterocycles. The summed E-state index contributed by atoms with van der Waals surface area (Å²) < 4.78 is 0. The van der Waals surface area contributed by atoms with Gasteiger partial charge >= 0.3 is 0 Å². The summed E-state index contributed by atoms with van der Waals surface area (Å²) in [6, 6.07) is 0. The second kappa shape index (κ2) is 11.7. The number of aliphatic hydroxyl groups is 1. The van der Waals surface area contributed by atoms with E-state index in [0.717, 1.165) is 24.8 Å². The van der Waals surface area contributed by atoms with Gasteiger partial charge in [-0.25, -0.2) is 0 Å². The first-order valence-electron chi connectivity index (χ1n) is 7.64. The van der Waals surface area contributed by atoms with Crippen molar-refractivity contribution in [1.29, 1.82) is 0 Å².